The van der Waals surface area contributed by atoms with E-state index in [0.29, 0.717) is 17.1 Å². The van der Waals surface area contributed by atoms with Gasteiger partial charge in [0.1, 0.15) is 11.6 Å². The molecule has 4 aromatic rings. The lowest BCUT2D eigenvalue weighted by atomic mass is 9.96. The van der Waals surface area contributed by atoms with Crippen LogP contribution in [0.2, 0.25) is 0 Å². The van der Waals surface area contributed by atoms with Gasteiger partial charge in [0.25, 0.3) is 0 Å². The lowest BCUT2D eigenvalue weighted by molar-refractivity contribution is 0.248. The number of aromatic amines is 1. The molecule has 1 aliphatic rings. The van der Waals surface area contributed by atoms with Crippen molar-refractivity contribution in [3.05, 3.63) is 115 Å². The van der Waals surface area contributed by atoms with E-state index in [9.17, 15) is 4.39 Å². The Kier molecular flexibility index (Phi) is 10.0. The number of allylic oxidation sites excluding steroid dienone is 3. The Bertz CT molecular complexity index is 1570. The molecule has 212 valence electrons. The number of nitrogens with zero attached hydrogens (tertiary/aromatic N) is 3. The van der Waals surface area contributed by atoms with E-state index >= 15 is 0 Å². The molecule has 0 radical (unpaired) electrons. The van der Waals surface area contributed by atoms with Gasteiger partial charge in [-0.2, -0.15) is 0 Å². The lowest BCUT2D eigenvalue weighted by Crippen LogP contribution is -2.31. The highest BCUT2D eigenvalue weighted by Crippen LogP contribution is 2.32. The van der Waals surface area contributed by atoms with Crippen molar-refractivity contribution in [3.63, 3.8) is 0 Å². The number of halogens is 1. The molecule has 0 spiro atoms. The summed E-state index contributed by atoms with van der Waals surface area (Å²) in [7, 11) is 0. The second kappa shape index (κ2) is 13.9. The normalized spacial score (nSPS) is 14.4. The van der Waals surface area contributed by atoms with Gasteiger partial charge in [-0.3, -0.25) is 9.88 Å². The zero-order valence-corrected chi connectivity index (χ0v) is 24.4. The number of piperidine rings is 1. The van der Waals surface area contributed by atoms with E-state index in [2.05, 4.69) is 46.2 Å². The predicted molar refractivity (Wildman–Crippen MR) is 172 cm³/mol. The number of rotatable bonds is 8. The molecule has 1 fully saturated rings. The first-order valence-electron chi connectivity index (χ1n) is 14.4. The van der Waals surface area contributed by atoms with Gasteiger partial charge in [0.15, 0.2) is 0 Å². The molecule has 0 amide bonds. The van der Waals surface area contributed by atoms with E-state index in [1.54, 1.807) is 24.5 Å². The smallest absolute Gasteiger partial charge is 0.138 e. The molecule has 3 N–H and O–H groups in total. The summed E-state index contributed by atoms with van der Waals surface area (Å²) in [6.07, 6.45) is 13.6. The molecule has 0 aliphatic carbocycles. The van der Waals surface area contributed by atoms with Crippen LogP contribution in [0.5, 0.6) is 0 Å². The zero-order chi connectivity index (χ0) is 29.4. The molecule has 5 rings (SSSR count). The predicted octanol–water partition coefficient (Wildman–Crippen LogP) is 8.44. The third-order valence-corrected chi connectivity index (χ3v) is 7.32. The number of nitrogens with two attached hydrogens (primary N) is 1. The Morgan fingerprint density at radius 2 is 1.80 bits per heavy atom. The maximum atomic E-state index is 13.5. The first-order valence-corrected chi connectivity index (χ1v) is 14.4. The molecule has 41 heavy (non-hydrogen) atoms. The second-order valence-electron chi connectivity index (χ2n) is 9.96. The van der Waals surface area contributed by atoms with Crippen molar-refractivity contribution in [1.82, 2.24) is 19.9 Å². The maximum Gasteiger partial charge on any atom is 0.138 e. The number of pyridine rings is 1. The first kappa shape index (κ1) is 29.7. The van der Waals surface area contributed by atoms with E-state index in [1.807, 2.05) is 39.0 Å². The molecule has 2 aromatic carbocycles. The van der Waals surface area contributed by atoms with E-state index in [-0.39, 0.29) is 5.82 Å². The van der Waals surface area contributed by atoms with Crippen molar-refractivity contribution in [2.24, 2.45) is 0 Å². The van der Waals surface area contributed by atoms with Crippen molar-refractivity contribution in [2.45, 2.75) is 40.0 Å². The molecule has 1 aliphatic heterocycles. The number of H-pyrrole nitrogens is 1. The first-order chi connectivity index (χ1) is 20.0. The number of anilines is 1. The molecule has 0 saturated carbocycles. The Labute approximate surface area is 243 Å². The summed E-state index contributed by atoms with van der Waals surface area (Å²) in [5, 5.41) is 0. The average Bonchev–Trinajstić information content (AvgIpc) is 3.46. The molecule has 0 unspecified atom stereocenters. The number of benzene rings is 2. The van der Waals surface area contributed by atoms with Crippen molar-refractivity contribution in [3.8, 4) is 11.1 Å². The fourth-order valence-corrected chi connectivity index (χ4v) is 5.12. The summed E-state index contributed by atoms with van der Waals surface area (Å²) < 4.78 is 13.5. The fraction of sp³-hybridized carbons (Fsp3) is 0.257. The highest BCUT2D eigenvalue weighted by atomic mass is 19.1. The maximum absolute atomic E-state index is 13.5. The summed E-state index contributed by atoms with van der Waals surface area (Å²) in [4.78, 5) is 15.1. The topological polar surface area (TPSA) is 70.8 Å². The van der Waals surface area contributed by atoms with Crippen molar-refractivity contribution in [2.75, 3.05) is 25.4 Å². The minimum atomic E-state index is -0.285. The highest BCUT2D eigenvalue weighted by Gasteiger charge is 2.16. The monoisotopic (exact) mass is 549 g/mol. The van der Waals surface area contributed by atoms with Crippen LogP contribution in [0.1, 0.15) is 57.0 Å². The summed E-state index contributed by atoms with van der Waals surface area (Å²) in [6, 6.07) is 12.3. The standard InChI is InChI=1S/C33H34FN5.C2H6/c1-4-23(21-39-15-7-6-8-16-39)17-24(5-2)26-11-14-30(35)28(18-26)22(3)33-37-31-20-36-19-29(32(31)38-33)25-9-12-27(34)13-10-25;1-2/h4-5,9-14,17-20H,1,3,6-8,15-16,21,35H2,2H3,(H,37,38);1-2H3/b23-17+,24-5+;. The Morgan fingerprint density at radius 1 is 1.07 bits per heavy atom. The number of nitrogens with one attached hydrogen (secondary N) is 1. The summed E-state index contributed by atoms with van der Waals surface area (Å²) in [6.45, 7) is 17.6. The molecule has 6 heteroatoms. The van der Waals surface area contributed by atoms with E-state index in [4.69, 9.17) is 10.7 Å². The third kappa shape index (κ3) is 6.90. The Hall–Kier alpha value is -4.29. The number of likely N-dealkylation sites (tertiary alicyclic amines) is 1. The molecule has 1 saturated heterocycles. The van der Waals surface area contributed by atoms with Crippen LogP contribution in [0, 0.1) is 5.82 Å². The van der Waals surface area contributed by atoms with Crippen LogP contribution in [0.15, 0.2) is 91.8 Å². The van der Waals surface area contributed by atoms with E-state index < -0.39 is 0 Å². The molecule has 0 atom stereocenters. The van der Waals surface area contributed by atoms with Crippen LogP contribution in [-0.2, 0) is 0 Å². The largest absolute Gasteiger partial charge is 0.398 e. The van der Waals surface area contributed by atoms with Crippen LogP contribution in [0.4, 0.5) is 10.1 Å². The minimum absolute atomic E-state index is 0.285. The molecular weight excluding hydrogens is 509 g/mol. The van der Waals surface area contributed by atoms with Gasteiger partial charge in [0.05, 0.1) is 17.2 Å². The summed E-state index contributed by atoms with van der Waals surface area (Å²) in [5.74, 6) is 0.326. The lowest BCUT2D eigenvalue weighted by Gasteiger charge is -2.26. The molecule has 0 bridgehead atoms. The van der Waals surface area contributed by atoms with E-state index in [0.717, 1.165) is 58.5 Å². The minimum Gasteiger partial charge on any atom is -0.398 e. The van der Waals surface area contributed by atoms with Gasteiger partial charge in [0.2, 0.25) is 0 Å². The van der Waals surface area contributed by atoms with Crippen molar-refractivity contribution in [1.29, 1.82) is 0 Å². The number of aromatic nitrogens is 3. The average molecular weight is 550 g/mol. The number of nitrogen functional groups attached to an aromatic ring is 1. The number of imidazole rings is 1. The van der Waals surface area contributed by atoms with Gasteiger partial charge in [-0.05, 0) is 79.4 Å². The van der Waals surface area contributed by atoms with Gasteiger partial charge in [-0.15, -0.1) is 0 Å². The summed E-state index contributed by atoms with van der Waals surface area (Å²) >= 11 is 0. The van der Waals surface area contributed by atoms with Crippen LogP contribution in [0.3, 0.4) is 0 Å². The van der Waals surface area contributed by atoms with Crippen LogP contribution in [0.25, 0.3) is 33.3 Å². The van der Waals surface area contributed by atoms with Gasteiger partial charge in [0, 0.05) is 35.1 Å². The number of hydrogen-bond donors (Lipinski definition) is 2. The quantitative estimate of drug-likeness (QED) is 0.171. The van der Waals surface area contributed by atoms with E-state index in [1.165, 1.54) is 37.0 Å². The highest BCUT2D eigenvalue weighted by molar-refractivity contribution is 5.94. The molecule has 5 nitrogen and oxygen atoms in total. The van der Waals surface area contributed by atoms with Crippen LogP contribution in [-0.4, -0.2) is 39.5 Å². The van der Waals surface area contributed by atoms with Gasteiger partial charge >= 0.3 is 0 Å². The number of fused-ring (bicyclic) bond motifs is 1. The van der Waals surface area contributed by atoms with Gasteiger partial charge < -0.3 is 10.7 Å². The van der Waals surface area contributed by atoms with Gasteiger partial charge in [-0.1, -0.05) is 69.9 Å². The molecule has 3 heterocycles. The Morgan fingerprint density at radius 3 is 2.49 bits per heavy atom. The van der Waals surface area contributed by atoms with Crippen LogP contribution < -0.4 is 5.73 Å². The second-order valence-corrected chi connectivity index (χ2v) is 9.96. The van der Waals surface area contributed by atoms with Crippen molar-refractivity contribution >= 4 is 27.9 Å². The SMILES string of the molecule is C=C/C(=C\C(=C/C)c1ccc(N)c(C(=C)c2nc3c(-c4ccc(F)cc4)cncc3[nH]2)c1)CN1CCCCC1.CC. The number of hydrogen-bond acceptors (Lipinski definition) is 4. The zero-order valence-electron chi connectivity index (χ0n) is 24.4. The van der Waals surface area contributed by atoms with Crippen molar-refractivity contribution < 1.29 is 4.39 Å². The fourth-order valence-electron chi connectivity index (χ4n) is 5.12. The Balaban J connectivity index is 0.00000189. The van der Waals surface area contributed by atoms with Crippen LogP contribution >= 0.6 is 0 Å². The van der Waals surface area contributed by atoms with Gasteiger partial charge in [-0.25, -0.2) is 9.37 Å². The third-order valence-electron chi connectivity index (χ3n) is 7.32. The summed E-state index contributed by atoms with van der Waals surface area (Å²) in [5.41, 5.74) is 15.1. The molecule has 2 aromatic heterocycles. The molecular formula is C35H40FN5.